The van der Waals surface area contributed by atoms with Crippen LogP contribution in [0.4, 0.5) is 0 Å². The third kappa shape index (κ3) is 8.48. The van der Waals surface area contributed by atoms with Crippen LogP contribution in [0.15, 0.2) is 21.9 Å². The fourth-order valence-electron chi connectivity index (χ4n) is 0.952. The second kappa shape index (κ2) is 11.2. The van der Waals surface area contributed by atoms with Gasteiger partial charge < -0.3 is 15.9 Å². The standard InChI is InChI=1S/C6H6O8S2.4Na.4H/c7-3-1-4(8)6(16(12,13)14)2-5(3)15(9,10)11;;;;;;;;/h1-2,7-8H,(H,9,10,11)(H,12,13,14);;;;;;;;/q;4*+1;4*-1. The summed E-state index contributed by atoms with van der Waals surface area (Å²) in [5.74, 6) is -2.10. The van der Waals surface area contributed by atoms with Crippen LogP contribution in [0.25, 0.3) is 0 Å². The first-order valence-corrected chi connectivity index (χ1v) is 6.42. The van der Waals surface area contributed by atoms with E-state index >= 15 is 0 Å². The molecule has 14 heteroatoms. The molecule has 0 saturated heterocycles. The van der Waals surface area contributed by atoms with Gasteiger partial charge in [-0.25, -0.2) is 0 Å². The zero-order valence-corrected chi connectivity index (χ0v) is 21.0. The van der Waals surface area contributed by atoms with Crippen LogP contribution in [0.1, 0.15) is 5.71 Å². The average Bonchev–Trinajstić information content (AvgIpc) is 1.97. The van der Waals surface area contributed by atoms with E-state index in [4.69, 9.17) is 19.3 Å². The molecule has 0 saturated carbocycles. The molecule has 0 aliphatic heterocycles. The maximum Gasteiger partial charge on any atom is 1.00 e. The van der Waals surface area contributed by atoms with Crippen LogP contribution < -0.4 is 118 Å². The summed E-state index contributed by atoms with van der Waals surface area (Å²) in [6.45, 7) is 0. The number of rotatable bonds is 2. The Morgan fingerprint density at radius 2 is 0.950 bits per heavy atom. The smallest absolute Gasteiger partial charge is 1.00 e. The Labute approximate surface area is 210 Å². The topological polar surface area (TPSA) is 149 Å². The van der Waals surface area contributed by atoms with Crippen molar-refractivity contribution in [1.29, 1.82) is 0 Å². The van der Waals surface area contributed by atoms with E-state index in [1.165, 1.54) is 0 Å². The van der Waals surface area contributed by atoms with Gasteiger partial charge in [0.25, 0.3) is 20.2 Å². The van der Waals surface area contributed by atoms with Crippen LogP contribution in [0, 0.1) is 0 Å². The first-order chi connectivity index (χ1) is 7.03. The minimum atomic E-state index is -4.87. The van der Waals surface area contributed by atoms with Crippen LogP contribution in [0.5, 0.6) is 11.5 Å². The van der Waals surface area contributed by atoms with Crippen molar-refractivity contribution in [3.8, 4) is 11.5 Å². The number of phenols is 2. The second-order valence-electron chi connectivity index (χ2n) is 2.74. The molecule has 0 atom stereocenters. The minimum Gasteiger partial charge on any atom is -1.00 e. The van der Waals surface area contributed by atoms with E-state index in [-0.39, 0.29) is 130 Å². The van der Waals surface area contributed by atoms with Crippen LogP contribution in [-0.4, -0.2) is 36.2 Å². The predicted octanol–water partition coefficient (Wildman–Crippen LogP) is -11.9. The third-order valence-corrected chi connectivity index (χ3v) is 3.36. The van der Waals surface area contributed by atoms with E-state index in [1.54, 1.807) is 0 Å². The molecule has 1 rings (SSSR count). The van der Waals surface area contributed by atoms with Gasteiger partial charge in [0.05, 0.1) is 0 Å². The summed E-state index contributed by atoms with van der Waals surface area (Å²) >= 11 is 0. The van der Waals surface area contributed by atoms with Gasteiger partial charge in [0.1, 0.15) is 21.3 Å². The predicted molar refractivity (Wildman–Crippen MR) is 53.8 cm³/mol. The summed E-state index contributed by atoms with van der Waals surface area (Å²) in [5, 5.41) is 18.1. The molecule has 4 N–H and O–H groups in total. The van der Waals surface area contributed by atoms with E-state index in [0.717, 1.165) is 0 Å². The average molecular weight is 366 g/mol. The molecule has 20 heavy (non-hydrogen) atoms. The molecule has 0 aromatic heterocycles. The van der Waals surface area contributed by atoms with Crippen molar-refractivity contribution in [2.75, 3.05) is 0 Å². The van der Waals surface area contributed by atoms with Gasteiger partial charge in [0.15, 0.2) is 0 Å². The van der Waals surface area contributed by atoms with E-state index in [1.807, 2.05) is 0 Å². The van der Waals surface area contributed by atoms with Crippen molar-refractivity contribution >= 4 is 20.2 Å². The van der Waals surface area contributed by atoms with Crippen molar-refractivity contribution < 1.29 is 160 Å². The summed E-state index contributed by atoms with van der Waals surface area (Å²) in [4.78, 5) is -2.28. The van der Waals surface area contributed by atoms with Gasteiger partial charge in [-0.2, -0.15) is 16.8 Å². The molecule has 0 amide bonds. The van der Waals surface area contributed by atoms with Crippen LogP contribution in [-0.2, 0) is 20.2 Å². The van der Waals surface area contributed by atoms with Crippen LogP contribution in [0.2, 0.25) is 0 Å². The molecule has 0 heterocycles. The van der Waals surface area contributed by atoms with Crippen molar-refractivity contribution in [3.05, 3.63) is 12.1 Å². The Bertz CT molecular complexity index is 604. The molecule has 98 valence electrons. The van der Waals surface area contributed by atoms with E-state index in [2.05, 4.69) is 0 Å². The summed E-state index contributed by atoms with van der Waals surface area (Å²) in [7, 11) is -9.74. The Hall–Kier alpha value is 2.64. The molecule has 0 radical (unpaired) electrons. The first-order valence-electron chi connectivity index (χ1n) is 3.54. The Kier molecular flexibility index (Phi) is 17.1. The molecule has 1 aromatic rings. The third-order valence-electron chi connectivity index (χ3n) is 1.60. The van der Waals surface area contributed by atoms with E-state index in [9.17, 15) is 16.8 Å². The van der Waals surface area contributed by atoms with E-state index in [0.29, 0.717) is 6.07 Å². The van der Waals surface area contributed by atoms with Gasteiger partial charge in [0.2, 0.25) is 0 Å². The molecule has 8 nitrogen and oxygen atoms in total. The summed E-state index contributed by atoms with van der Waals surface area (Å²) < 4.78 is 59.9. The number of benzene rings is 1. The molecule has 0 aliphatic rings. The van der Waals surface area contributed by atoms with Crippen LogP contribution in [0.3, 0.4) is 0 Å². The van der Waals surface area contributed by atoms with Gasteiger partial charge in [-0.1, -0.05) is 0 Å². The first kappa shape index (κ1) is 30.5. The summed E-state index contributed by atoms with van der Waals surface area (Å²) in [6, 6.07) is 0.599. The Balaban J connectivity index is -0.0000000533. The largest absolute Gasteiger partial charge is 1.00 e. The van der Waals surface area contributed by atoms with Gasteiger partial charge in [-0.3, -0.25) is 9.11 Å². The molecule has 0 fully saturated rings. The van der Waals surface area contributed by atoms with Crippen molar-refractivity contribution in [2.45, 2.75) is 9.79 Å². The quantitative estimate of drug-likeness (QED) is 0.298. The van der Waals surface area contributed by atoms with Gasteiger partial charge in [-0.05, 0) is 6.07 Å². The normalized spacial score (nSPS) is 10.1. The monoisotopic (exact) mass is 366 g/mol. The number of hydrogen-bond donors (Lipinski definition) is 4. The van der Waals surface area contributed by atoms with Crippen molar-refractivity contribution in [2.24, 2.45) is 0 Å². The summed E-state index contributed by atoms with van der Waals surface area (Å²) in [6.07, 6.45) is 0. The van der Waals surface area contributed by atoms with E-state index < -0.39 is 41.5 Å². The molecule has 1 aromatic carbocycles. The molecular formula is C6H10Na4O8S2. The molecule has 0 unspecified atom stereocenters. The fraction of sp³-hybridized carbons (Fsp3) is 0. The molecule has 0 aliphatic carbocycles. The number of phenolic OH excluding ortho intramolecular Hbond substituents is 2. The SMILES string of the molecule is O=S(=O)(O)c1cc(S(=O)(=O)O)c(O)cc1O.[H-].[H-].[H-].[H-].[Na+].[Na+].[Na+].[Na+]. The Morgan fingerprint density at radius 1 is 0.700 bits per heavy atom. The molecular weight excluding hydrogens is 356 g/mol. The maximum absolute atomic E-state index is 10.7. The van der Waals surface area contributed by atoms with Gasteiger partial charge in [0, 0.05) is 6.07 Å². The minimum absolute atomic E-state index is 0. The fourth-order valence-corrected chi connectivity index (χ4v) is 2.21. The molecule has 0 spiro atoms. The van der Waals surface area contributed by atoms with Gasteiger partial charge >= 0.3 is 118 Å². The Morgan fingerprint density at radius 3 is 1.15 bits per heavy atom. The number of aromatic hydroxyl groups is 2. The zero-order chi connectivity index (χ0) is 12.7. The second-order valence-corrected chi connectivity index (χ2v) is 5.52. The van der Waals surface area contributed by atoms with Crippen molar-refractivity contribution in [1.82, 2.24) is 0 Å². The van der Waals surface area contributed by atoms with Crippen molar-refractivity contribution in [3.63, 3.8) is 0 Å². The maximum atomic E-state index is 10.7. The molecule has 0 bridgehead atoms. The summed E-state index contributed by atoms with van der Waals surface area (Å²) in [5.41, 5.74) is 0. The van der Waals surface area contributed by atoms with Crippen LogP contribution >= 0.6 is 0 Å². The van der Waals surface area contributed by atoms with Gasteiger partial charge in [-0.15, -0.1) is 0 Å². The zero-order valence-electron chi connectivity index (χ0n) is 15.4. The number of hydrogen-bond acceptors (Lipinski definition) is 6.